The average molecular weight is 306 g/mol. The highest BCUT2D eigenvalue weighted by Crippen LogP contribution is 2.27. The van der Waals surface area contributed by atoms with Gasteiger partial charge >= 0.3 is 0 Å². The number of amides is 1. The van der Waals surface area contributed by atoms with Gasteiger partial charge in [-0.15, -0.1) is 0 Å². The smallest absolute Gasteiger partial charge is 0.257 e. The fourth-order valence-corrected chi connectivity index (χ4v) is 2.51. The number of hydrogen-bond acceptors (Lipinski definition) is 4. The van der Waals surface area contributed by atoms with Crippen LogP contribution < -0.4 is 5.32 Å². The van der Waals surface area contributed by atoms with Gasteiger partial charge in [0.05, 0.1) is 5.56 Å². The van der Waals surface area contributed by atoms with Gasteiger partial charge in [-0.25, -0.2) is 9.97 Å². The Labute approximate surface area is 134 Å². The summed E-state index contributed by atoms with van der Waals surface area (Å²) in [6.07, 6.45) is 4.70. The molecule has 0 bridgehead atoms. The highest BCUT2D eigenvalue weighted by molar-refractivity contribution is 6.06. The highest BCUT2D eigenvalue weighted by atomic mass is 16.1. The molecule has 0 aliphatic heterocycles. The minimum Gasteiger partial charge on any atom is -0.321 e. The molecule has 1 N–H and O–H groups in total. The number of nitrogens with zero attached hydrogens (tertiary/aromatic N) is 3. The zero-order chi connectivity index (χ0) is 16.4. The van der Waals surface area contributed by atoms with E-state index in [9.17, 15) is 4.79 Å². The molecule has 0 fully saturated rings. The van der Waals surface area contributed by atoms with Crippen molar-refractivity contribution < 1.29 is 4.79 Å². The van der Waals surface area contributed by atoms with Crippen molar-refractivity contribution in [1.29, 1.82) is 0 Å². The van der Waals surface area contributed by atoms with E-state index in [2.05, 4.69) is 34.1 Å². The quantitative estimate of drug-likeness (QED) is 0.801. The van der Waals surface area contributed by atoms with E-state index in [1.165, 1.54) is 6.20 Å². The standard InChI is InChI=1S/C18H18N4O/c1-11(2)14-6-4-5-12(3)16(14)22-18(23)13-9-15-17(21-10-13)20-8-7-19-15/h4-11H,1-3H3,(H,22,23). The SMILES string of the molecule is Cc1cccc(C(C)C)c1NC(=O)c1cnc2nccnc2c1. The van der Waals surface area contributed by atoms with Gasteiger partial charge in [-0.05, 0) is 30.0 Å². The van der Waals surface area contributed by atoms with Crippen LogP contribution in [0.4, 0.5) is 5.69 Å². The number of carbonyl (C=O) groups is 1. The molecule has 0 unspecified atom stereocenters. The van der Waals surface area contributed by atoms with Gasteiger partial charge in [-0.1, -0.05) is 32.0 Å². The zero-order valence-corrected chi connectivity index (χ0v) is 13.4. The number of nitrogens with one attached hydrogen (secondary N) is 1. The number of aromatic nitrogens is 3. The summed E-state index contributed by atoms with van der Waals surface area (Å²) in [6, 6.07) is 7.74. The number of benzene rings is 1. The molecule has 0 aliphatic rings. The Morgan fingerprint density at radius 3 is 2.70 bits per heavy atom. The Balaban J connectivity index is 1.95. The van der Waals surface area contributed by atoms with Crippen molar-refractivity contribution >= 4 is 22.8 Å². The molecule has 5 heteroatoms. The van der Waals surface area contributed by atoms with E-state index in [4.69, 9.17) is 0 Å². The molecule has 3 aromatic rings. The van der Waals surface area contributed by atoms with Crippen molar-refractivity contribution in [3.8, 4) is 0 Å². The highest BCUT2D eigenvalue weighted by Gasteiger charge is 2.14. The Bertz CT molecular complexity index is 874. The van der Waals surface area contributed by atoms with E-state index in [0.29, 0.717) is 22.6 Å². The van der Waals surface area contributed by atoms with Crippen LogP contribution in [0.5, 0.6) is 0 Å². The van der Waals surface area contributed by atoms with Crippen molar-refractivity contribution in [2.75, 3.05) is 5.32 Å². The van der Waals surface area contributed by atoms with Crippen LogP contribution in [0.25, 0.3) is 11.2 Å². The minimum atomic E-state index is -0.193. The van der Waals surface area contributed by atoms with Gasteiger partial charge in [0.1, 0.15) is 5.52 Å². The van der Waals surface area contributed by atoms with E-state index >= 15 is 0 Å². The van der Waals surface area contributed by atoms with Crippen molar-refractivity contribution in [3.63, 3.8) is 0 Å². The van der Waals surface area contributed by atoms with E-state index in [0.717, 1.165) is 16.8 Å². The van der Waals surface area contributed by atoms with Crippen LogP contribution in [-0.2, 0) is 0 Å². The first-order valence-corrected chi connectivity index (χ1v) is 7.54. The molecule has 0 saturated heterocycles. The molecule has 0 radical (unpaired) electrons. The maximum Gasteiger partial charge on any atom is 0.257 e. The first kappa shape index (κ1) is 15.1. The second kappa shape index (κ2) is 6.12. The molecule has 3 rings (SSSR count). The van der Waals surface area contributed by atoms with Crippen LogP contribution in [0.1, 0.15) is 41.3 Å². The molecule has 2 aromatic heterocycles. The van der Waals surface area contributed by atoms with E-state index < -0.39 is 0 Å². The molecule has 5 nitrogen and oxygen atoms in total. The maximum atomic E-state index is 12.6. The van der Waals surface area contributed by atoms with Crippen molar-refractivity contribution in [1.82, 2.24) is 15.0 Å². The number of hydrogen-bond donors (Lipinski definition) is 1. The number of rotatable bonds is 3. The number of aryl methyl sites for hydroxylation is 1. The summed E-state index contributed by atoms with van der Waals surface area (Å²) in [5.41, 5.74) is 4.63. The molecule has 2 heterocycles. The first-order chi connectivity index (χ1) is 11.1. The van der Waals surface area contributed by atoms with Crippen LogP contribution in [0, 0.1) is 6.92 Å². The Morgan fingerprint density at radius 1 is 1.13 bits per heavy atom. The summed E-state index contributed by atoms with van der Waals surface area (Å²) in [7, 11) is 0. The van der Waals surface area contributed by atoms with Gasteiger partial charge in [0, 0.05) is 24.3 Å². The molecule has 23 heavy (non-hydrogen) atoms. The lowest BCUT2D eigenvalue weighted by molar-refractivity contribution is 0.102. The third-order valence-corrected chi connectivity index (χ3v) is 3.75. The maximum absolute atomic E-state index is 12.6. The van der Waals surface area contributed by atoms with Gasteiger partial charge < -0.3 is 5.32 Å². The predicted molar refractivity (Wildman–Crippen MR) is 90.6 cm³/mol. The number of pyridine rings is 1. The molecular formula is C18H18N4O. The van der Waals surface area contributed by atoms with Crippen molar-refractivity contribution in [2.24, 2.45) is 0 Å². The second-order valence-electron chi connectivity index (χ2n) is 5.77. The number of carbonyl (C=O) groups excluding carboxylic acids is 1. The molecule has 0 saturated carbocycles. The Morgan fingerprint density at radius 2 is 1.91 bits per heavy atom. The Hall–Kier alpha value is -2.82. The summed E-state index contributed by atoms with van der Waals surface area (Å²) in [5, 5.41) is 3.01. The monoisotopic (exact) mass is 306 g/mol. The Kier molecular flexibility index (Phi) is 4.02. The van der Waals surface area contributed by atoms with Crippen LogP contribution in [0.15, 0.2) is 42.9 Å². The molecule has 1 aromatic carbocycles. The van der Waals surface area contributed by atoms with Gasteiger partial charge in [0.15, 0.2) is 5.65 Å². The largest absolute Gasteiger partial charge is 0.321 e. The van der Waals surface area contributed by atoms with E-state index in [1.807, 2.05) is 25.1 Å². The summed E-state index contributed by atoms with van der Waals surface area (Å²) < 4.78 is 0. The topological polar surface area (TPSA) is 67.8 Å². The van der Waals surface area contributed by atoms with E-state index in [1.54, 1.807) is 18.5 Å². The lowest BCUT2D eigenvalue weighted by Crippen LogP contribution is -2.15. The molecule has 0 spiro atoms. The minimum absolute atomic E-state index is 0.193. The summed E-state index contributed by atoms with van der Waals surface area (Å²) in [5.74, 6) is 0.132. The molecule has 0 aliphatic carbocycles. The lowest BCUT2D eigenvalue weighted by Gasteiger charge is -2.16. The lowest BCUT2D eigenvalue weighted by atomic mass is 9.98. The molecular weight excluding hydrogens is 288 g/mol. The van der Waals surface area contributed by atoms with Crippen molar-refractivity contribution in [2.45, 2.75) is 26.7 Å². The van der Waals surface area contributed by atoms with Crippen molar-refractivity contribution in [3.05, 3.63) is 59.5 Å². The van der Waals surface area contributed by atoms with Gasteiger partial charge in [-0.3, -0.25) is 9.78 Å². The van der Waals surface area contributed by atoms with Crippen LogP contribution in [0.2, 0.25) is 0 Å². The van der Waals surface area contributed by atoms with E-state index in [-0.39, 0.29) is 5.91 Å². The molecule has 1 amide bonds. The third kappa shape index (κ3) is 3.04. The second-order valence-corrected chi connectivity index (χ2v) is 5.77. The molecule has 116 valence electrons. The van der Waals surface area contributed by atoms with Crippen LogP contribution in [0.3, 0.4) is 0 Å². The first-order valence-electron chi connectivity index (χ1n) is 7.54. The normalized spacial score (nSPS) is 11.0. The third-order valence-electron chi connectivity index (χ3n) is 3.75. The van der Waals surface area contributed by atoms with Gasteiger partial charge in [-0.2, -0.15) is 0 Å². The fraction of sp³-hybridized carbons (Fsp3) is 0.222. The van der Waals surface area contributed by atoms with Crippen LogP contribution in [-0.4, -0.2) is 20.9 Å². The molecule has 0 atom stereocenters. The number of anilines is 1. The number of fused-ring (bicyclic) bond motifs is 1. The summed E-state index contributed by atoms with van der Waals surface area (Å²) in [6.45, 7) is 6.21. The summed E-state index contributed by atoms with van der Waals surface area (Å²) >= 11 is 0. The van der Waals surface area contributed by atoms with Gasteiger partial charge in [0.25, 0.3) is 5.91 Å². The predicted octanol–water partition coefficient (Wildman–Crippen LogP) is 3.71. The summed E-state index contributed by atoms with van der Waals surface area (Å²) in [4.78, 5) is 25.1. The number of para-hydroxylation sites is 1. The zero-order valence-electron chi connectivity index (χ0n) is 13.4. The van der Waals surface area contributed by atoms with Crippen LogP contribution >= 0.6 is 0 Å². The average Bonchev–Trinajstić information content (AvgIpc) is 2.56. The van der Waals surface area contributed by atoms with Gasteiger partial charge in [0.2, 0.25) is 0 Å². The fourth-order valence-electron chi connectivity index (χ4n) is 2.51.